The molecule has 0 spiro atoms. The molecular formula is C14H21ClN2. The number of benzene rings is 1. The van der Waals surface area contributed by atoms with E-state index in [0.717, 1.165) is 22.8 Å². The van der Waals surface area contributed by atoms with Crippen LogP contribution >= 0.6 is 11.6 Å². The van der Waals surface area contributed by atoms with E-state index >= 15 is 0 Å². The maximum atomic E-state index is 6.38. The van der Waals surface area contributed by atoms with E-state index < -0.39 is 0 Å². The summed E-state index contributed by atoms with van der Waals surface area (Å²) in [4.78, 5) is 2.40. The smallest absolute Gasteiger partial charge is 0.0643 e. The molecule has 2 rings (SSSR count). The summed E-state index contributed by atoms with van der Waals surface area (Å²) in [6.45, 7) is 7.61. The van der Waals surface area contributed by atoms with E-state index in [0.29, 0.717) is 0 Å². The average Bonchev–Trinajstić information content (AvgIpc) is 2.58. The molecule has 94 valence electrons. The van der Waals surface area contributed by atoms with Gasteiger partial charge in [0.2, 0.25) is 0 Å². The van der Waals surface area contributed by atoms with Gasteiger partial charge in [-0.25, -0.2) is 0 Å². The van der Waals surface area contributed by atoms with Crippen molar-refractivity contribution in [3.8, 4) is 0 Å². The lowest BCUT2D eigenvalue weighted by Crippen LogP contribution is -2.38. The Hall–Kier alpha value is -0.730. The van der Waals surface area contributed by atoms with Gasteiger partial charge in [0.1, 0.15) is 0 Å². The molecule has 1 heterocycles. The molecule has 0 bridgehead atoms. The molecule has 1 aliphatic heterocycles. The van der Waals surface area contributed by atoms with Gasteiger partial charge in [-0.1, -0.05) is 17.7 Å². The van der Waals surface area contributed by atoms with Gasteiger partial charge in [0.05, 0.1) is 10.7 Å². The molecule has 1 unspecified atom stereocenters. The van der Waals surface area contributed by atoms with Crippen molar-refractivity contribution in [2.24, 2.45) is 5.73 Å². The molecule has 2 N–H and O–H groups in total. The van der Waals surface area contributed by atoms with Gasteiger partial charge in [0.15, 0.2) is 0 Å². The van der Waals surface area contributed by atoms with Crippen molar-refractivity contribution in [1.82, 2.24) is 0 Å². The zero-order chi connectivity index (χ0) is 12.6. The molecule has 1 fully saturated rings. The fourth-order valence-electron chi connectivity index (χ4n) is 2.58. The summed E-state index contributed by atoms with van der Waals surface area (Å²) in [5.74, 6) is 0. The minimum absolute atomic E-state index is 0.0353. The Morgan fingerprint density at radius 2 is 2.12 bits per heavy atom. The van der Waals surface area contributed by atoms with Crippen LogP contribution in [0.15, 0.2) is 18.2 Å². The third kappa shape index (κ3) is 2.43. The van der Waals surface area contributed by atoms with Gasteiger partial charge in [0, 0.05) is 18.1 Å². The normalized spacial score (nSPS) is 20.6. The molecule has 0 aromatic heterocycles. The van der Waals surface area contributed by atoms with Crippen LogP contribution in [-0.4, -0.2) is 12.1 Å². The maximum absolute atomic E-state index is 6.38. The highest BCUT2D eigenvalue weighted by molar-refractivity contribution is 6.33. The quantitative estimate of drug-likeness (QED) is 0.869. The standard InChI is InChI=1S/C14H21ClN2/c1-10(16)11-5-6-13(12(15)9-11)17-8-4-7-14(17,2)3/h5-6,9-10H,4,7-8,16H2,1-3H3. The Balaban J connectivity index is 2.34. The van der Waals surface area contributed by atoms with Crippen LogP contribution < -0.4 is 10.6 Å². The fraction of sp³-hybridized carbons (Fsp3) is 0.571. The molecule has 3 heteroatoms. The van der Waals surface area contributed by atoms with Gasteiger partial charge in [-0.2, -0.15) is 0 Å². The van der Waals surface area contributed by atoms with Crippen molar-refractivity contribution in [2.45, 2.75) is 45.2 Å². The Kier molecular flexibility index (Phi) is 3.37. The van der Waals surface area contributed by atoms with Crippen LogP contribution in [0.2, 0.25) is 5.02 Å². The highest BCUT2D eigenvalue weighted by Crippen LogP contribution is 2.38. The second-order valence-corrected chi connectivity index (χ2v) is 5.97. The number of rotatable bonds is 2. The van der Waals surface area contributed by atoms with Crippen molar-refractivity contribution in [3.05, 3.63) is 28.8 Å². The monoisotopic (exact) mass is 252 g/mol. The molecule has 2 nitrogen and oxygen atoms in total. The van der Waals surface area contributed by atoms with Crippen molar-refractivity contribution in [3.63, 3.8) is 0 Å². The predicted octanol–water partition coefficient (Wildman–Crippen LogP) is 3.74. The molecule has 0 saturated carbocycles. The highest BCUT2D eigenvalue weighted by Gasteiger charge is 2.32. The highest BCUT2D eigenvalue weighted by atomic mass is 35.5. The first kappa shape index (κ1) is 12.7. The lowest BCUT2D eigenvalue weighted by Gasteiger charge is -2.34. The molecule has 0 amide bonds. The summed E-state index contributed by atoms with van der Waals surface area (Å²) in [5.41, 5.74) is 8.31. The fourth-order valence-corrected chi connectivity index (χ4v) is 2.87. The van der Waals surface area contributed by atoms with Gasteiger partial charge in [-0.3, -0.25) is 0 Å². The maximum Gasteiger partial charge on any atom is 0.0643 e. The van der Waals surface area contributed by atoms with Crippen molar-refractivity contribution in [2.75, 3.05) is 11.4 Å². The molecule has 0 aliphatic carbocycles. The zero-order valence-corrected chi connectivity index (χ0v) is 11.6. The molecule has 0 radical (unpaired) electrons. The van der Waals surface area contributed by atoms with Crippen molar-refractivity contribution in [1.29, 1.82) is 0 Å². The first-order chi connectivity index (χ1) is 7.92. The minimum Gasteiger partial charge on any atom is -0.365 e. The first-order valence-electron chi connectivity index (χ1n) is 6.24. The molecule has 1 aliphatic rings. The van der Waals surface area contributed by atoms with Crippen LogP contribution in [0.3, 0.4) is 0 Å². The summed E-state index contributed by atoms with van der Waals surface area (Å²) >= 11 is 6.38. The van der Waals surface area contributed by atoms with Crippen LogP contribution in [0, 0.1) is 0 Å². The third-order valence-electron chi connectivity index (χ3n) is 3.69. The molecular weight excluding hydrogens is 232 g/mol. The van der Waals surface area contributed by atoms with E-state index in [1.54, 1.807) is 0 Å². The van der Waals surface area contributed by atoms with Crippen LogP contribution in [0.4, 0.5) is 5.69 Å². The predicted molar refractivity (Wildman–Crippen MR) is 74.7 cm³/mol. The first-order valence-corrected chi connectivity index (χ1v) is 6.62. The number of halogens is 1. The van der Waals surface area contributed by atoms with Crippen LogP contribution in [-0.2, 0) is 0 Å². The topological polar surface area (TPSA) is 29.3 Å². The summed E-state index contributed by atoms with van der Waals surface area (Å²) < 4.78 is 0. The Labute approximate surface area is 109 Å². The Bertz CT molecular complexity index is 413. The molecule has 1 saturated heterocycles. The van der Waals surface area contributed by atoms with Gasteiger partial charge >= 0.3 is 0 Å². The number of hydrogen-bond donors (Lipinski definition) is 1. The summed E-state index contributed by atoms with van der Waals surface area (Å²) in [5, 5.41) is 0.815. The van der Waals surface area contributed by atoms with Gasteiger partial charge < -0.3 is 10.6 Å². The molecule has 1 aromatic rings. The van der Waals surface area contributed by atoms with Crippen molar-refractivity contribution < 1.29 is 0 Å². The largest absolute Gasteiger partial charge is 0.365 e. The van der Waals surface area contributed by atoms with Crippen LogP contribution in [0.1, 0.15) is 45.2 Å². The number of hydrogen-bond acceptors (Lipinski definition) is 2. The van der Waals surface area contributed by atoms with E-state index in [1.807, 2.05) is 13.0 Å². The molecule has 1 aromatic carbocycles. The van der Waals surface area contributed by atoms with E-state index in [-0.39, 0.29) is 11.6 Å². The van der Waals surface area contributed by atoms with E-state index in [2.05, 4.69) is 30.9 Å². The third-order valence-corrected chi connectivity index (χ3v) is 3.99. The summed E-state index contributed by atoms with van der Waals surface area (Å²) in [7, 11) is 0. The summed E-state index contributed by atoms with van der Waals surface area (Å²) in [6.07, 6.45) is 2.46. The Morgan fingerprint density at radius 3 is 2.59 bits per heavy atom. The number of anilines is 1. The van der Waals surface area contributed by atoms with Gasteiger partial charge in [-0.15, -0.1) is 0 Å². The van der Waals surface area contributed by atoms with E-state index in [9.17, 15) is 0 Å². The second-order valence-electron chi connectivity index (χ2n) is 5.57. The molecule has 1 atom stereocenters. The lowest BCUT2D eigenvalue weighted by molar-refractivity contribution is 0.518. The number of nitrogens with zero attached hydrogens (tertiary/aromatic N) is 1. The minimum atomic E-state index is 0.0353. The van der Waals surface area contributed by atoms with E-state index in [4.69, 9.17) is 17.3 Å². The second kappa shape index (κ2) is 4.51. The van der Waals surface area contributed by atoms with Crippen LogP contribution in [0.5, 0.6) is 0 Å². The SMILES string of the molecule is CC(N)c1ccc(N2CCCC2(C)C)c(Cl)c1. The Morgan fingerprint density at radius 1 is 1.41 bits per heavy atom. The molecule has 17 heavy (non-hydrogen) atoms. The van der Waals surface area contributed by atoms with Gasteiger partial charge in [-0.05, 0) is 51.3 Å². The summed E-state index contributed by atoms with van der Waals surface area (Å²) in [6, 6.07) is 6.22. The zero-order valence-electron chi connectivity index (χ0n) is 10.8. The lowest BCUT2D eigenvalue weighted by atomic mass is 10.0. The van der Waals surface area contributed by atoms with Crippen LogP contribution in [0.25, 0.3) is 0 Å². The number of nitrogens with two attached hydrogens (primary N) is 1. The van der Waals surface area contributed by atoms with E-state index in [1.165, 1.54) is 12.8 Å². The van der Waals surface area contributed by atoms with Crippen molar-refractivity contribution >= 4 is 17.3 Å². The average molecular weight is 253 g/mol. The van der Waals surface area contributed by atoms with Gasteiger partial charge in [0.25, 0.3) is 0 Å².